The molecule has 1 aromatic heterocycles. The molecule has 0 radical (unpaired) electrons. The quantitative estimate of drug-likeness (QED) is 0.465. The highest BCUT2D eigenvalue weighted by atomic mass is 16.5. The molecule has 0 spiro atoms. The normalized spacial score (nSPS) is 17.6. The molecular formula is C26H34N2O. The third-order valence-electron chi connectivity index (χ3n) is 6.19. The Morgan fingerprint density at radius 1 is 1.10 bits per heavy atom. The van der Waals surface area contributed by atoms with Crippen molar-refractivity contribution in [2.45, 2.75) is 45.4 Å². The molecule has 1 aliphatic rings. The standard InChI is InChI=1S/C26H34N2O/c1-2-29-24-13-14-26-25(18-24)23(19-27-26)12-6-7-15-28-16-8-11-22(20-28)17-21-9-4-3-5-10-21/h3-5,9-10,13-14,18-19,22,27H,2,6-8,11-12,15-17,20H2,1H3. The molecule has 1 aliphatic heterocycles. The number of rotatable bonds is 9. The Hall–Kier alpha value is -2.26. The van der Waals surface area contributed by atoms with Crippen molar-refractivity contribution < 1.29 is 4.74 Å². The maximum absolute atomic E-state index is 5.68. The molecular weight excluding hydrogens is 356 g/mol. The molecule has 154 valence electrons. The summed E-state index contributed by atoms with van der Waals surface area (Å²) in [6.07, 6.45) is 9.79. The lowest BCUT2D eigenvalue weighted by Gasteiger charge is -2.32. The van der Waals surface area contributed by atoms with Gasteiger partial charge in [-0.05, 0) is 93.8 Å². The molecule has 3 nitrogen and oxygen atoms in total. The van der Waals surface area contributed by atoms with Crippen LogP contribution in [0.5, 0.6) is 5.75 Å². The molecule has 0 aliphatic carbocycles. The van der Waals surface area contributed by atoms with E-state index in [1.54, 1.807) is 0 Å². The molecule has 1 fully saturated rings. The molecule has 1 unspecified atom stereocenters. The van der Waals surface area contributed by atoms with E-state index in [0.29, 0.717) is 6.61 Å². The van der Waals surface area contributed by atoms with Crippen LogP contribution in [0.25, 0.3) is 10.9 Å². The average Bonchev–Trinajstić information content (AvgIpc) is 3.15. The second-order valence-corrected chi connectivity index (χ2v) is 8.41. The van der Waals surface area contributed by atoms with Gasteiger partial charge in [-0.25, -0.2) is 0 Å². The lowest BCUT2D eigenvalue weighted by molar-refractivity contribution is 0.171. The number of nitrogens with zero attached hydrogens (tertiary/aromatic N) is 1. The number of H-pyrrole nitrogens is 1. The summed E-state index contributed by atoms with van der Waals surface area (Å²) in [7, 11) is 0. The molecule has 2 heterocycles. The average molecular weight is 391 g/mol. The lowest BCUT2D eigenvalue weighted by atomic mass is 9.91. The Bertz CT molecular complexity index is 886. The van der Waals surface area contributed by atoms with E-state index in [-0.39, 0.29) is 0 Å². The van der Waals surface area contributed by atoms with Gasteiger partial charge in [-0.15, -0.1) is 0 Å². The number of likely N-dealkylation sites (tertiary alicyclic amines) is 1. The summed E-state index contributed by atoms with van der Waals surface area (Å²) in [5.74, 6) is 1.79. The zero-order valence-corrected chi connectivity index (χ0v) is 17.7. The second-order valence-electron chi connectivity index (χ2n) is 8.41. The van der Waals surface area contributed by atoms with E-state index in [0.717, 1.165) is 18.1 Å². The van der Waals surface area contributed by atoms with Crippen LogP contribution in [0.2, 0.25) is 0 Å². The number of aromatic amines is 1. The molecule has 2 aromatic carbocycles. The topological polar surface area (TPSA) is 28.3 Å². The molecule has 1 N–H and O–H groups in total. The Kier molecular flexibility index (Phi) is 6.89. The van der Waals surface area contributed by atoms with Crippen LogP contribution in [0, 0.1) is 5.92 Å². The monoisotopic (exact) mass is 390 g/mol. The molecule has 3 aromatic rings. The predicted octanol–water partition coefficient (Wildman–Crippen LogP) is 5.84. The number of nitrogens with one attached hydrogen (secondary N) is 1. The first-order chi connectivity index (χ1) is 14.3. The van der Waals surface area contributed by atoms with Crippen molar-refractivity contribution >= 4 is 10.9 Å². The van der Waals surface area contributed by atoms with Crippen LogP contribution in [0.15, 0.2) is 54.7 Å². The van der Waals surface area contributed by atoms with Crippen molar-refractivity contribution in [3.05, 3.63) is 65.9 Å². The maximum atomic E-state index is 5.68. The molecule has 1 atom stereocenters. The molecule has 3 heteroatoms. The number of hydrogen-bond donors (Lipinski definition) is 1. The van der Waals surface area contributed by atoms with Gasteiger partial charge in [0, 0.05) is 23.6 Å². The van der Waals surface area contributed by atoms with Crippen molar-refractivity contribution in [1.29, 1.82) is 0 Å². The van der Waals surface area contributed by atoms with Gasteiger partial charge in [-0.1, -0.05) is 30.3 Å². The van der Waals surface area contributed by atoms with E-state index in [4.69, 9.17) is 4.74 Å². The molecule has 0 saturated carbocycles. The minimum Gasteiger partial charge on any atom is -0.494 e. The number of fused-ring (bicyclic) bond motifs is 1. The van der Waals surface area contributed by atoms with Crippen LogP contribution in [-0.4, -0.2) is 36.1 Å². The summed E-state index contributed by atoms with van der Waals surface area (Å²) < 4.78 is 5.68. The van der Waals surface area contributed by atoms with Crippen LogP contribution in [0.1, 0.15) is 43.7 Å². The molecule has 0 amide bonds. The summed E-state index contributed by atoms with van der Waals surface area (Å²) >= 11 is 0. The van der Waals surface area contributed by atoms with Crippen molar-refractivity contribution in [3.63, 3.8) is 0 Å². The summed E-state index contributed by atoms with van der Waals surface area (Å²) in [5.41, 5.74) is 4.12. The van der Waals surface area contributed by atoms with Crippen molar-refractivity contribution in [2.24, 2.45) is 5.92 Å². The van der Waals surface area contributed by atoms with Gasteiger partial charge in [-0.3, -0.25) is 0 Å². The fourth-order valence-electron chi connectivity index (χ4n) is 4.74. The molecule has 1 saturated heterocycles. The van der Waals surface area contributed by atoms with Gasteiger partial charge < -0.3 is 14.6 Å². The fraction of sp³-hybridized carbons (Fsp3) is 0.462. The van der Waals surface area contributed by atoms with Crippen molar-refractivity contribution in [2.75, 3.05) is 26.2 Å². The summed E-state index contributed by atoms with van der Waals surface area (Å²) in [6.45, 7) is 6.52. The summed E-state index contributed by atoms with van der Waals surface area (Å²) in [6, 6.07) is 17.4. The molecule has 29 heavy (non-hydrogen) atoms. The van der Waals surface area contributed by atoms with Crippen LogP contribution in [0.4, 0.5) is 0 Å². The van der Waals surface area contributed by atoms with E-state index < -0.39 is 0 Å². The number of piperidine rings is 1. The van der Waals surface area contributed by atoms with Gasteiger partial charge >= 0.3 is 0 Å². The number of aryl methyl sites for hydroxylation is 1. The maximum Gasteiger partial charge on any atom is 0.120 e. The minimum atomic E-state index is 0.715. The van der Waals surface area contributed by atoms with Crippen LogP contribution >= 0.6 is 0 Å². The largest absolute Gasteiger partial charge is 0.494 e. The van der Waals surface area contributed by atoms with E-state index in [1.165, 1.54) is 73.8 Å². The lowest BCUT2D eigenvalue weighted by Crippen LogP contribution is -2.36. The first-order valence-electron chi connectivity index (χ1n) is 11.3. The van der Waals surface area contributed by atoms with Gasteiger partial charge in [0.2, 0.25) is 0 Å². The van der Waals surface area contributed by atoms with Crippen molar-refractivity contribution in [3.8, 4) is 5.75 Å². The van der Waals surface area contributed by atoms with E-state index >= 15 is 0 Å². The fourth-order valence-corrected chi connectivity index (χ4v) is 4.74. The predicted molar refractivity (Wildman–Crippen MR) is 122 cm³/mol. The zero-order valence-electron chi connectivity index (χ0n) is 17.7. The zero-order chi connectivity index (χ0) is 19.9. The van der Waals surface area contributed by atoms with Gasteiger partial charge in [0.05, 0.1) is 6.61 Å². The Morgan fingerprint density at radius 3 is 2.86 bits per heavy atom. The number of aromatic nitrogens is 1. The summed E-state index contributed by atoms with van der Waals surface area (Å²) in [5, 5.41) is 1.32. The van der Waals surface area contributed by atoms with Crippen LogP contribution in [-0.2, 0) is 12.8 Å². The number of hydrogen-bond acceptors (Lipinski definition) is 2. The van der Waals surface area contributed by atoms with E-state index in [2.05, 4.69) is 58.5 Å². The van der Waals surface area contributed by atoms with Gasteiger partial charge in [0.25, 0.3) is 0 Å². The highest BCUT2D eigenvalue weighted by molar-refractivity contribution is 5.84. The molecule has 0 bridgehead atoms. The Morgan fingerprint density at radius 2 is 2.00 bits per heavy atom. The number of unbranched alkanes of at least 4 members (excludes halogenated alkanes) is 1. The minimum absolute atomic E-state index is 0.715. The highest BCUT2D eigenvalue weighted by Gasteiger charge is 2.19. The van der Waals surface area contributed by atoms with Gasteiger partial charge in [-0.2, -0.15) is 0 Å². The van der Waals surface area contributed by atoms with E-state index in [1.807, 2.05) is 13.0 Å². The third kappa shape index (κ3) is 5.42. The number of ether oxygens (including phenoxy) is 1. The molecule has 4 rings (SSSR count). The van der Waals surface area contributed by atoms with Crippen LogP contribution < -0.4 is 4.74 Å². The Balaban J connectivity index is 1.24. The first kappa shape index (κ1) is 20.0. The first-order valence-corrected chi connectivity index (χ1v) is 11.3. The number of benzene rings is 2. The van der Waals surface area contributed by atoms with E-state index in [9.17, 15) is 0 Å². The highest BCUT2D eigenvalue weighted by Crippen LogP contribution is 2.25. The van der Waals surface area contributed by atoms with Gasteiger partial charge in [0.1, 0.15) is 5.75 Å². The van der Waals surface area contributed by atoms with Crippen LogP contribution in [0.3, 0.4) is 0 Å². The second kappa shape index (κ2) is 9.98. The van der Waals surface area contributed by atoms with Gasteiger partial charge in [0.15, 0.2) is 0 Å². The smallest absolute Gasteiger partial charge is 0.120 e. The summed E-state index contributed by atoms with van der Waals surface area (Å²) in [4.78, 5) is 6.10. The SMILES string of the molecule is CCOc1ccc2[nH]cc(CCCCN3CCCC(Cc4ccccc4)C3)c2c1. The third-order valence-corrected chi connectivity index (χ3v) is 6.19. The van der Waals surface area contributed by atoms with Crippen molar-refractivity contribution in [1.82, 2.24) is 9.88 Å². The Labute approximate surface area is 175 Å².